The number of aromatic nitrogens is 2. The zero-order valence-electron chi connectivity index (χ0n) is 7.44. The van der Waals surface area contributed by atoms with E-state index in [1.807, 2.05) is 7.05 Å². The van der Waals surface area contributed by atoms with E-state index in [1.54, 1.807) is 17.3 Å². The minimum Gasteiger partial charge on any atom is -0.392 e. The quantitative estimate of drug-likeness (QED) is 0.662. The van der Waals surface area contributed by atoms with Gasteiger partial charge in [0.25, 0.3) is 0 Å². The van der Waals surface area contributed by atoms with Gasteiger partial charge in [0.15, 0.2) is 0 Å². The van der Waals surface area contributed by atoms with Crippen molar-refractivity contribution in [1.29, 1.82) is 0 Å². The van der Waals surface area contributed by atoms with Crippen LogP contribution in [0.4, 0.5) is 5.95 Å². The average Bonchev–Trinajstić information content (AvgIpc) is 2.18. The van der Waals surface area contributed by atoms with Crippen LogP contribution >= 0.6 is 0 Å². The average molecular weight is 177 g/mol. The van der Waals surface area contributed by atoms with Crippen molar-refractivity contribution in [2.45, 2.75) is 6.61 Å². The van der Waals surface area contributed by atoms with Gasteiger partial charge in [-0.1, -0.05) is 5.92 Å². The van der Waals surface area contributed by atoms with Crippen molar-refractivity contribution in [2.24, 2.45) is 0 Å². The maximum absolute atomic E-state index is 8.74. The van der Waals surface area contributed by atoms with E-state index >= 15 is 0 Å². The highest BCUT2D eigenvalue weighted by Gasteiger charge is 2.01. The van der Waals surface area contributed by atoms with Crippen LogP contribution in [0.5, 0.6) is 0 Å². The van der Waals surface area contributed by atoms with Gasteiger partial charge in [-0.3, -0.25) is 0 Å². The first kappa shape index (κ1) is 9.49. The number of rotatable bonds is 3. The largest absolute Gasteiger partial charge is 0.392 e. The van der Waals surface area contributed by atoms with Crippen LogP contribution in [0.15, 0.2) is 12.4 Å². The molecular formula is C9H11N3O. The van der Waals surface area contributed by atoms with Gasteiger partial charge in [-0.2, -0.15) is 0 Å². The zero-order chi connectivity index (χ0) is 9.68. The first-order valence-corrected chi connectivity index (χ1v) is 3.84. The van der Waals surface area contributed by atoms with Crippen molar-refractivity contribution in [1.82, 2.24) is 9.97 Å². The lowest BCUT2D eigenvalue weighted by Gasteiger charge is -2.12. The standard InChI is InChI=1S/C9H11N3O/c1-3-4-12(2)9-10-5-8(7-13)6-11-9/h1,5-6,13H,4,7H2,2H3. The van der Waals surface area contributed by atoms with E-state index in [0.29, 0.717) is 18.1 Å². The summed E-state index contributed by atoms with van der Waals surface area (Å²) < 4.78 is 0. The Bertz CT molecular complexity index is 302. The lowest BCUT2D eigenvalue weighted by Crippen LogP contribution is -2.19. The molecule has 0 saturated carbocycles. The molecule has 0 aromatic carbocycles. The second-order valence-electron chi connectivity index (χ2n) is 2.61. The Morgan fingerprint density at radius 3 is 2.62 bits per heavy atom. The number of nitrogens with zero attached hydrogens (tertiary/aromatic N) is 3. The van der Waals surface area contributed by atoms with Gasteiger partial charge in [-0.25, -0.2) is 9.97 Å². The van der Waals surface area contributed by atoms with Crippen molar-refractivity contribution in [3.8, 4) is 12.3 Å². The molecule has 0 amide bonds. The Balaban J connectivity index is 2.74. The molecule has 0 spiro atoms. The molecule has 4 heteroatoms. The summed E-state index contributed by atoms with van der Waals surface area (Å²) in [6.45, 7) is 0.428. The molecule has 0 fully saturated rings. The van der Waals surface area contributed by atoms with E-state index in [2.05, 4.69) is 15.9 Å². The van der Waals surface area contributed by atoms with Gasteiger partial charge in [-0.05, 0) is 0 Å². The molecule has 0 aliphatic rings. The summed E-state index contributed by atoms with van der Waals surface area (Å²) in [6.07, 6.45) is 8.29. The fraction of sp³-hybridized carbons (Fsp3) is 0.333. The predicted molar refractivity (Wildman–Crippen MR) is 50.1 cm³/mol. The monoisotopic (exact) mass is 177 g/mol. The van der Waals surface area contributed by atoms with Crippen LogP contribution in [0.25, 0.3) is 0 Å². The van der Waals surface area contributed by atoms with Crippen molar-refractivity contribution in [2.75, 3.05) is 18.5 Å². The molecule has 4 nitrogen and oxygen atoms in total. The van der Waals surface area contributed by atoms with E-state index in [-0.39, 0.29) is 6.61 Å². The van der Waals surface area contributed by atoms with Gasteiger partial charge >= 0.3 is 0 Å². The van der Waals surface area contributed by atoms with Crippen molar-refractivity contribution >= 4 is 5.95 Å². The van der Waals surface area contributed by atoms with E-state index in [1.165, 1.54) is 0 Å². The smallest absolute Gasteiger partial charge is 0.225 e. The molecule has 0 unspecified atom stereocenters. The van der Waals surface area contributed by atoms with Crippen molar-refractivity contribution < 1.29 is 5.11 Å². The Hall–Kier alpha value is -1.60. The third kappa shape index (κ3) is 2.42. The molecule has 0 aliphatic carbocycles. The molecule has 68 valence electrons. The van der Waals surface area contributed by atoms with Crippen LogP contribution in [0, 0.1) is 12.3 Å². The third-order valence-electron chi connectivity index (χ3n) is 1.54. The Morgan fingerprint density at radius 1 is 1.54 bits per heavy atom. The summed E-state index contributed by atoms with van der Waals surface area (Å²) in [5.74, 6) is 3.06. The van der Waals surface area contributed by atoms with Crippen LogP contribution < -0.4 is 4.90 Å². The number of hydrogen-bond donors (Lipinski definition) is 1. The maximum atomic E-state index is 8.74. The molecule has 1 aromatic rings. The van der Waals surface area contributed by atoms with Gasteiger partial charge in [0.05, 0.1) is 13.2 Å². The molecule has 1 rings (SSSR count). The molecule has 0 saturated heterocycles. The minimum atomic E-state index is -0.0425. The Kier molecular flexibility index (Phi) is 3.23. The van der Waals surface area contributed by atoms with Gasteiger partial charge in [0.2, 0.25) is 5.95 Å². The molecule has 0 atom stereocenters. The Morgan fingerprint density at radius 2 is 2.15 bits per heavy atom. The normalized spacial score (nSPS) is 9.31. The number of aliphatic hydroxyl groups is 1. The zero-order valence-corrected chi connectivity index (χ0v) is 7.44. The van der Waals surface area contributed by atoms with Gasteiger partial charge in [0, 0.05) is 25.0 Å². The summed E-state index contributed by atoms with van der Waals surface area (Å²) in [5.41, 5.74) is 0.692. The summed E-state index contributed by atoms with van der Waals surface area (Å²) in [7, 11) is 1.81. The topological polar surface area (TPSA) is 49.2 Å². The molecule has 0 bridgehead atoms. The summed E-state index contributed by atoms with van der Waals surface area (Å²) in [5, 5.41) is 8.74. The number of hydrogen-bond acceptors (Lipinski definition) is 4. The molecule has 1 N–H and O–H groups in total. The number of aliphatic hydroxyl groups excluding tert-OH is 1. The highest BCUT2D eigenvalue weighted by molar-refractivity contribution is 5.30. The van der Waals surface area contributed by atoms with Gasteiger partial charge in [-0.15, -0.1) is 6.42 Å². The van der Waals surface area contributed by atoms with Crippen LogP contribution in [0.2, 0.25) is 0 Å². The third-order valence-corrected chi connectivity index (χ3v) is 1.54. The van der Waals surface area contributed by atoms with Crippen molar-refractivity contribution in [3.63, 3.8) is 0 Å². The molecular weight excluding hydrogens is 166 g/mol. The Labute approximate surface area is 77.2 Å². The van der Waals surface area contributed by atoms with Gasteiger partial charge < -0.3 is 10.0 Å². The molecule has 1 aromatic heterocycles. The summed E-state index contributed by atoms with van der Waals surface area (Å²) in [6, 6.07) is 0. The van der Waals surface area contributed by atoms with E-state index in [9.17, 15) is 0 Å². The SMILES string of the molecule is C#CCN(C)c1ncc(CO)cn1. The van der Waals surface area contributed by atoms with E-state index < -0.39 is 0 Å². The van der Waals surface area contributed by atoms with Crippen LogP contribution in [-0.4, -0.2) is 28.7 Å². The van der Waals surface area contributed by atoms with Gasteiger partial charge in [0.1, 0.15) is 0 Å². The fourth-order valence-corrected chi connectivity index (χ4v) is 0.834. The minimum absolute atomic E-state index is 0.0425. The fourth-order valence-electron chi connectivity index (χ4n) is 0.834. The second kappa shape index (κ2) is 4.43. The summed E-state index contributed by atoms with van der Waals surface area (Å²) in [4.78, 5) is 9.81. The highest BCUT2D eigenvalue weighted by atomic mass is 16.3. The lowest BCUT2D eigenvalue weighted by molar-refractivity contribution is 0.281. The van der Waals surface area contributed by atoms with Crippen LogP contribution in [0.1, 0.15) is 5.56 Å². The first-order valence-electron chi connectivity index (χ1n) is 3.84. The lowest BCUT2D eigenvalue weighted by atomic mass is 10.4. The maximum Gasteiger partial charge on any atom is 0.225 e. The highest BCUT2D eigenvalue weighted by Crippen LogP contribution is 2.03. The van der Waals surface area contributed by atoms with E-state index in [0.717, 1.165) is 0 Å². The van der Waals surface area contributed by atoms with E-state index in [4.69, 9.17) is 11.5 Å². The first-order chi connectivity index (χ1) is 6.27. The summed E-state index contributed by atoms with van der Waals surface area (Å²) >= 11 is 0. The molecule has 13 heavy (non-hydrogen) atoms. The second-order valence-corrected chi connectivity index (χ2v) is 2.61. The number of anilines is 1. The molecule has 0 radical (unpaired) electrons. The van der Waals surface area contributed by atoms with Crippen LogP contribution in [-0.2, 0) is 6.61 Å². The van der Waals surface area contributed by atoms with Crippen LogP contribution in [0.3, 0.4) is 0 Å². The van der Waals surface area contributed by atoms with Crippen molar-refractivity contribution in [3.05, 3.63) is 18.0 Å². The number of terminal acetylenes is 1. The molecule has 1 heterocycles. The predicted octanol–water partition coefficient (Wildman–Crippen LogP) is 0.0383. The molecule has 0 aliphatic heterocycles.